The third-order valence-electron chi connectivity index (χ3n) is 3.12. The van der Waals surface area contributed by atoms with Gasteiger partial charge in [0.2, 0.25) is 0 Å². The molecule has 17 heavy (non-hydrogen) atoms. The van der Waals surface area contributed by atoms with Crippen molar-refractivity contribution >= 4 is 0 Å². The fraction of sp³-hybridized carbons (Fsp3) is 0.571. The molecule has 0 bridgehead atoms. The number of aryl methyl sites for hydroxylation is 3. The molecule has 0 aliphatic rings. The van der Waals surface area contributed by atoms with E-state index in [-0.39, 0.29) is 12.6 Å². The first kappa shape index (κ1) is 14.2. The standard InChI is InChI=1S/C14H23NO2/c1-10-5-12(3)13(6-11(10)2)7-15-14(8-16)9-17-4/h5-6,14-16H,7-9H2,1-4H3. The molecule has 1 atom stereocenters. The largest absolute Gasteiger partial charge is 0.395 e. The Labute approximate surface area is 104 Å². The predicted molar refractivity (Wildman–Crippen MR) is 70.2 cm³/mol. The van der Waals surface area contributed by atoms with Crippen molar-refractivity contribution in [2.45, 2.75) is 33.4 Å². The van der Waals surface area contributed by atoms with E-state index in [1.807, 2.05) is 0 Å². The summed E-state index contributed by atoms with van der Waals surface area (Å²) in [6.45, 7) is 7.76. The van der Waals surface area contributed by atoms with Gasteiger partial charge >= 0.3 is 0 Å². The minimum absolute atomic E-state index is 0.000934. The monoisotopic (exact) mass is 237 g/mol. The van der Waals surface area contributed by atoms with Crippen LogP contribution >= 0.6 is 0 Å². The second-order valence-corrected chi connectivity index (χ2v) is 4.58. The van der Waals surface area contributed by atoms with Gasteiger partial charge in [-0.3, -0.25) is 0 Å². The quantitative estimate of drug-likeness (QED) is 0.791. The topological polar surface area (TPSA) is 41.5 Å². The molecule has 0 radical (unpaired) electrons. The molecule has 2 N–H and O–H groups in total. The van der Waals surface area contributed by atoms with Gasteiger partial charge in [0.15, 0.2) is 0 Å². The first-order chi connectivity index (χ1) is 8.08. The van der Waals surface area contributed by atoms with Gasteiger partial charge in [-0.1, -0.05) is 12.1 Å². The number of ether oxygens (including phenoxy) is 1. The van der Waals surface area contributed by atoms with Crippen LogP contribution in [0.1, 0.15) is 22.3 Å². The second-order valence-electron chi connectivity index (χ2n) is 4.58. The maximum absolute atomic E-state index is 9.16. The second kappa shape index (κ2) is 6.74. The molecule has 0 aliphatic heterocycles. The van der Waals surface area contributed by atoms with Crippen LogP contribution in [0.2, 0.25) is 0 Å². The Kier molecular flexibility index (Phi) is 5.62. The average Bonchev–Trinajstić information content (AvgIpc) is 2.30. The van der Waals surface area contributed by atoms with Gasteiger partial charge in [0.05, 0.1) is 19.3 Å². The Bertz CT molecular complexity index is 363. The van der Waals surface area contributed by atoms with Crippen molar-refractivity contribution < 1.29 is 9.84 Å². The summed E-state index contributed by atoms with van der Waals surface area (Å²) in [6, 6.07) is 4.41. The highest BCUT2D eigenvalue weighted by atomic mass is 16.5. The number of hydrogen-bond acceptors (Lipinski definition) is 3. The molecule has 1 rings (SSSR count). The number of aliphatic hydroxyl groups excluding tert-OH is 1. The summed E-state index contributed by atoms with van der Waals surface area (Å²) in [5.74, 6) is 0. The number of methoxy groups -OCH3 is 1. The molecule has 0 amide bonds. The fourth-order valence-corrected chi connectivity index (χ4v) is 1.84. The minimum atomic E-state index is 0.000934. The van der Waals surface area contributed by atoms with Gasteiger partial charge in [0.1, 0.15) is 0 Å². The minimum Gasteiger partial charge on any atom is -0.395 e. The van der Waals surface area contributed by atoms with Crippen LogP contribution in [0.3, 0.4) is 0 Å². The zero-order chi connectivity index (χ0) is 12.8. The normalized spacial score (nSPS) is 12.8. The van der Waals surface area contributed by atoms with E-state index in [0.29, 0.717) is 6.61 Å². The Morgan fingerprint density at radius 1 is 1.18 bits per heavy atom. The SMILES string of the molecule is COCC(CO)NCc1cc(C)c(C)cc1C. The number of rotatable bonds is 6. The molecule has 0 spiro atoms. The van der Waals surface area contributed by atoms with Crippen LogP contribution in [0.25, 0.3) is 0 Å². The molecule has 3 nitrogen and oxygen atoms in total. The molecule has 0 aliphatic carbocycles. The average molecular weight is 237 g/mol. The van der Waals surface area contributed by atoms with Gasteiger partial charge < -0.3 is 15.2 Å². The maximum atomic E-state index is 9.16. The summed E-state index contributed by atoms with van der Waals surface area (Å²) in [5, 5.41) is 12.5. The van der Waals surface area contributed by atoms with Crippen LogP contribution in [-0.2, 0) is 11.3 Å². The molecule has 0 fully saturated rings. The Hall–Kier alpha value is -0.900. The summed E-state index contributed by atoms with van der Waals surface area (Å²) in [4.78, 5) is 0. The molecule has 0 saturated heterocycles. The van der Waals surface area contributed by atoms with E-state index in [1.54, 1.807) is 7.11 Å². The zero-order valence-corrected chi connectivity index (χ0v) is 11.2. The first-order valence-corrected chi connectivity index (χ1v) is 5.98. The van der Waals surface area contributed by atoms with Crippen molar-refractivity contribution in [2.75, 3.05) is 20.3 Å². The van der Waals surface area contributed by atoms with Crippen LogP contribution in [0.5, 0.6) is 0 Å². The van der Waals surface area contributed by atoms with E-state index in [9.17, 15) is 0 Å². The van der Waals surface area contributed by atoms with Crippen molar-refractivity contribution in [1.29, 1.82) is 0 Å². The van der Waals surface area contributed by atoms with Crippen molar-refractivity contribution in [3.63, 3.8) is 0 Å². The molecule has 3 heteroatoms. The first-order valence-electron chi connectivity index (χ1n) is 5.98. The number of nitrogens with one attached hydrogen (secondary N) is 1. The molecule has 0 saturated carbocycles. The third-order valence-corrected chi connectivity index (χ3v) is 3.12. The lowest BCUT2D eigenvalue weighted by Gasteiger charge is -2.17. The summed E-state index contributed by atoms with van der Waals surface area (Å²) in [6.07, 6.45) is 0. The molecule has 1 unspecified atom stereocenters. The lowest BCUT2D eigenvalue weighted by Crippen LogP contribution is -2.36. The van der Waals surface area contributed by atoms with Crippen molar-refractivity contribution in [3.8, 4) is 0 Å². The zero-order valence-electron chi connectivity index (χ0n) is 11.2. The molecule has 1 aromatic carbocycles. The van der Waals surface area contributed by atoms with Crippen LogP contribution in [0.15, 0.2) is 12.1 Å². The van der Waals surface area contributed by atoms with E-state index in [2.05, 4.69) is 38.2 Å². The van der Waals surface area contributed by atoms with Gasteiger partial charge in [0, 0.05) is 13.7 Å². The van der Waals surface area contributed by atoms with Gasteiger partial charge in [-0.25, -0.2) is 0 Å². The maximum Gasteiger partial charge on any atom is 0.0638 e. The van der Waals surface area contributed by atoms with Gasteiger partial charge in [-0.05, 0) is 43.0 Å². The predicted octanol–water partition coefficient (Wildman–Crippen LogP) is 1.71. The van der Waals surface area contributed by atoms with Gasteiger partial charge in [0.25, 0.3) is 0 Å². The number of hydrogen-bond donors (Lipinski definition) is 2. The number of aliphatic hydroxyl groups is 1. The molecular formula is C14H23NO2. The molecule has 0 heterocycles. The van der Waals surface area contributed by atoms with E-state index >= 15 is 0 Å². The van der Waals surface area contributed by atoms with E-state index in [0.717, 1.165) is 6.54 Å². The van der Waals surface area contributed by atoms with E-state index in [1.165, 1.54) is 22.3 Å². The summed E-state index contributed by atoms with van der Waals surface area (Å²) in [5.41, 5.74) is 5.19. The molecular weight excluding hydrogens is 214 g/mol. The fourth-order valence-electron chi connectivity index (χ4n) is 1.84. The van der Waals surface area contributed by atoms with Crippen molar-refractivity contribution in [2.24, 2.45) is 0 Å². The van der Waals surface area contributed by atoms with Crippen LogP contribution < -0.4 is 5.32 Å². The van der Waals surface area contributed by atoms with Crippen molar-refractivity contribution in [3.05, 3.63) is 34.4 Å². The highest BCUT2D eigenvalue weighted by Gasteiger charge is 2.07. The van der Waals surface area contributed by atoms with Crippen LogP contribution in [0, 0.1) is 20.8 Å². The lowest BCUT2D eigenvalue weighted by atomic mass is 10.0. The van der Waals surface area contributed by atoms with Gasteiger partial charge in [-0.2, -0.15) is 0 Å². The summed E-state index contributed by atoms with van der Waals surface area (Å²) >= 11 is 0. The van der Waals surface area contributed by atoms with E-state index < -0.39 is 0 Å². The Morgan fingerprint density at radius 3 is 2.41 bits per heavy atom. The Morgan fingerprint density at radius 2 is 1.82 bits per heavy atom. The summed E-state index contributed by atoms with van der Waals surface area (Å²) < 4.78 is 5.03. The van der Waals surface area contributed by atoms with E-state index in [4.69, 9.17) is 9.84 Å². The highest BCUT2D eigenvalue weighted by molar-refractivity contribution is 5.36. The highest BCUT2D eigenvalue weighted by Crippen LogP contribution is 2.15. The third kappa shape index (κ3) is 4.11. The number of benzene rings is 1. The van der Waals surface area contributed by atoms with Crippen LogP contribution in [0.4, 0.5) is 0 Å². The smallest absolute Gasteiger partial charge is 0.0638 e. The Balaban J connectivity index is 2.65. The van der Waals surface area contributed by atoms with Crippen molar-refractivity contribution in [1.82, 2.24) is 5.32 Å². The lowest BCUT2D eigenvalue weighted by molar-refractivity contribution is 0.128. The van der Waals surface area contributed by atoms with Gasteiger partial charge in [-0.15, -0.1) is 0 Å². The van der Waals surface area contributed by atoms with Crippen LogP contribution in [-0.4, -0.2) is 31.5 Å². The summed E-state index contributed by atoms with van der Waals surface area (Å²) in [7, 11) is 1.64. The molecule has 96 valence electrons. The molecule has 0 aromatic heterocycles. The molecule has 1 aromatic rings.